The first-order valence-corrected chi connectivity index (χ1v) is 10.6. The Balaban J connectivity index is 2.14. The summed E-state index contributed by atoms with van der Waals surface area (Å²) < 4.78 is 5.37. The van der Waals surface area contributed by atoms with Crippen molar-refractivity contribution in [3.05, 3.63) is 65.2 Å². The number of ether oxygens (including phenoxy) is 1. The zero-order valence-corrected chi connectivity index (χ0v) is 18.6. The number of anilines is 1. The molecule has 2 aromatic carbocycles. The monoisotopic (exact) mass is 422 g/mol. The van der Waals surface area contributed by atoms with Crippen LogP contribution in [0.15, 0.2) is 54.1 Å². The number of para-hydroxylation sites is 1. The van der Waals surface area contributed by atoms with E-state index >= 15 is 0 Å². The topological polar surface area (TPSA) is 70.1 Å². The quantitative estimate of drug-likeness (QED) is 0.296. The number of carbonyl (C=O) groups is 2. The highest BCUT2D eigenvalue weighted by atomic mass is 16.5. The second-order valence-corrected chi connectivity index (χ2v) is 7.89. The summed E-state index contributed by atoms with van der Waals surface area (Å²) in [4.78, 5) is 29.6. The van der Waals surface area contributed by atoms with Gasteiger partial charge in [0.25, 0.3) is 11.7 Å². The molecule has 1 fully saturated rings. The summed E-state index contributed by atoms with van der Waals surface area (Å²) in [5, 5.41) is 11.2. The lowest BCUT2D eigenvalue weighted by atomic mass is 9.94. The normalized spacial score (nSPS) is 17.8. The van der Waals surface area contributed by atoms with E-state index < -0.39 is 17.7 Å². The number of nitrogens with zero attached hydrogens (tertiary/aromatic N) is 2. The first kappa shape index (κ1) is 22.4. The molecule has 0 saturated carbocycles. The number of benzene rings is 2. The summed E-state index contributed by atoms with van der Waals surface area (Å²) in [6.07, 6.45) is 2.76. The first-order valence-electron chi connectivity index (χ1n) is 10.6. The van der Waals surface area contributed by atoms with Gasteiger partial charge in [-0.25, -0.2) is 0 Å². The van der Waals surface area contributed by atoms with Crippen LogP contribution in [0.5, 0.6) is 5.75 Å². The largest absolute Gasteiger partial charge is 0.507 e. The van der Waals surface area contributed by atoms with Crippen molar-refractivity contribution in [2.75, 3.05) is 32.6 Å². The second-order valence-electron chi connectivity index (χ2n) is 7.89. The van der Waals surface area contributed by atoms with Crippen molar-refractivity contribution in [2.24, 2.45) is 0 Å². The molecule has 164 valence electrons. The van der Waals surface area contributed by atoms with Crippen LogP contribution >= 0.6 is 0 Å². The molecule has 1 heterocycles. The van der Waals surface area contributed by atoms with Gasteiger partial charge < -0.3 is 19.6 Å². The molecule has 1 amide bonds. The van der Waals surface area contributed by atoms with Crippen LogP contribution in [0.25, 0.3) is 5.76 Å². The van der Waals surface area contributed by atoms with Gasteiger partial charge in [0, 0.05) is 26.3 Å². The molecule has 1 unspecified atom stereocenters. The maximum absolute atomic E-state index is 13.1. The fourth-order valence-electron chi connectivity index (χ4n) is 3.93. The number of hydrogen-bond acceptors (Lipinski definition) is 5. The van der Waals surface area contributed by atoms with E-state index in [1.165, 1.54) is 7.11 Å². The number of carbonyl (C=O) groups excluding carboxylic acids is 2. The molecule has 0 radical (unpaired) electrons. The Kier molecular flexibility index (Phi) is 7.00. The lowest BCUT2D eigenvalue weighted by Gasteiger charge is -2.26. The van der Waals surface area contributed by atoms with Gasteiger partial charge in [-0.2, -0.15) is 0 Å². The van der Waals surface area contributed by atoms with Gasteiger partial charge >= 0.3 is 0 Å². The minimum Gasteiger partial charge on any atom is -0.507 e. The smallest absolute Gasteiger partial charge is 0.295 e. The predicted octanol–water partition coefficient (Wildman–Crippen LogP) is 4.37. The lowest BCUT2D eigenvalue weighted by Crippen LogP contribution is -2.30. The van der Waals surface area contributed by atoms with Crippen LogP contribution in [0.4, 0.5) is 5.69 Å². The fourth-order valence-corrected chi connectivity index (χ4v) is 3.93. The van der Waals surface area contributed by atoms with Gasteiger partial charge in [-0.15, -0.1) is 0 Å². The molecule has 1 aliphatic rings. The zero-order valence-electron chi connectivity index (χ0n) is 18.6. The molecule has 1 aliphatic heterocycles. The molecule has 2 aromatic rings. The lowest BCUT2D eigenvalue weighted by molar-refractivity contribution is -0.139. The molecule has 6 nitrogen and oxygen atoms in total. The van der Waals surface area contributed by atoms with Crippen molar-refractivity contribution in [2.45, 2.75) is 32.2 Å². The first-order chi connectivity index (χ1) is 14.9. The van der Waals surface area contributed by atoms with Gasteiger partial charge in [-0.3, -0.25) is 9.59 Å². The van der Waals surface area contributed by atoms with E-state index in [0.29, 0.717) is 17.9 Å². The molecule has 3 rings (SSSR count). The van der Waals surface area contributed by atoms with Gasteiger partial charge in [0.2, 0.25) is 0 Å². The van der Waals surface area contributed by atoms with E-state index in [1.54, 1.807) is 29.2 Å². The van der Waals surface area contributed by atoms with Gasteiger partial charge in [-0.1, -0.05) is 44.0 Å². The highest BCUT2D eigenvalue weighted by Crippen LogP contribution is 2.41. The number of ketones is 1. The summed E-state index contributed by atoms with van der Waals surface area (Å²) in [5.41, 5.74) is 2.30. The number of methoxy groups -OCH3 is 1. The molecule has 6 heteroatoms. The Labute approximate surface area is 183 Å². The molecular weight excluding hydrogens is 392 g/mol. The van der Waals surface area contributed by atoms with Crippen molar-refractivity contribution in [1.82, 2.24) is 4.90 Å². The average Bonchev–Trinajstić information content (AvgIpc) is 3.03. The third-order valence-corrected chi connectivity index (χ3v) is 5.63. The van der Waals surface area contributed by atoms with Gasteiger partial charge in [0.1, 0.15) is 11.5 Å². The molecule has 0 aliphatic carbocycles. The Morgan fingerprint density at radius 2 is 1.74 bits per heavy atom. The van der Waals surface area contributed by atoms with Crippen molar-refractivity contribution in [3.63, 3.8) is 0 Å². The number of unbranched alkanes of at least 4 members (excludes halogenated alkanes) is 2. The van der Waals surface area contributed by atoms with E-state index in [1.807, 2.05) is 43.3 Å². The number of aliphatic hydroxyl groups excluding tert-OH is 1. The minimum atomic E-state index is -0.665. The SMILES string of the molecule is CCCCCN1C(=O)C(=O)/C(=C(\O)c2ccccc2OC)C1c1ccc(N(C)C)cc1. The molecule has 1 atom stereocenters. The highest BCUT2D eigenvalue weighted by Gasteiger charge is 2.46. The third-order valence-electron chi connectivity index (χ3n) is 5.63. The highest BCUT2D eigenvalue weighted by molar-refractivity contribution is 6.46. The van der Waals surface area contributed by atoms with Crippen LogP contribution in [0, 0.1) is 0 Å². The molecule has 1 N–H and O–H groups in total. The van der Waals surface area contributed by atoms with E-state index in [4.69, 9.17) is 4.74 Å². The molecule has 1 saturated heterocycles. The number of likely N-dealkylation sites (tertiary alicyclic amines) is 1. The van der Waals surface area contributed by atoms with E-state index in [0.717, 1.165) is 30.5 Å². The van der Waals surface area contributed by atoms with Crippen LogP contribution in [0.2, 0.25) is 0 Å². The Morgan fingerprint density at radius 3 is 2.35 bits per heavy atom. The number of amides is 1. The molecule has 0 spiro atoms. The standard InChI is InChI=1S/C25H30N2O4/c1-5-6-9-16-27-22(17-12-14-18(15-13-17)26(2)3)21(24(29)25(27)30)23(28)19-10-7-8-11-20(19)31-4/h7-8,10-15,22,28H,5-6,9,16H2,1-4H3/b23-21-. The molecule has 0 aromatic heterocycles. The predicted molar refractivity (Wildman–Crippen MR) is 122 cm³/mol. The third kappa shape index (κ3) is 4.43. The summed E-state index contributed by atoms with van der Waals surface area (Å²) in [5.74, 6) is -1.01. The Hall–Kier alpha value is -3.28. The molecular formula is C25H30N2O4. The van der Waals surface area contributed by atoms with Crippen molar-refractivity contribution >= 4 is 23.1 Å². The Morgan fingerprint density at radius 1 is 1.06 bits per heavy atom. The van der Waals surface area contributed by atoms with Gasteiger partial charge in [-0.05, 0) is 36.2 Å². The maximum Gasteiger partial charge on any atom is 0.295 e. The van der Waals surface area contributed by atoms with Crippen molar-refractivity contribution in [1.29, 1.82) is 0 Å². The van der Waals surface area contributed by atoms with Crippen LogP contribution in [0.3, 0.4) is 0 Å². The van der Waals surface area contributed by atoms with Crippen LogP contribution in [-0.4, -0.2) is 49.4 Å². The number of rotatable bonds is 8. The molecule has 0 bridgehead atoms. The van der Waals surface area contributed by atoms with Gasteiger partial charge in [0.05, 0.1) is 24.3 Å². The number of hydrogen-bond donors (Lipinski definition) is 1. The van der Waals surface area contributed by atoms with E-state index in [-0.39, 0.29) is 11.3 Å². The van der Waals surface area contributed by atoms with Crippen molar-refractivity contribution < 1.29 is 19.4 Å². The van der Waals surface area contributed by atoms with E-state index in [2.05, 4.69) is 6.92 Å². The molecule has 31 heavy (non-hydrogen) atoms. The fraction of sp³-hybridized carbons (Fsp3) is 0.360. The van der Waals surface area contributed by atoms with Crippen LogP contribution < -0.4 is 9.64 Å². The average molecular weight is 423 g/mol. The van der Waals surface area contributed by atoms with Crippen LogP contribution in [-0.2, 0) is 9.59 Å². The summed E-state index contributed by atoms with van der Waals surface area (Å²) >= 11 is 0. The minimum absolute atomic E-state index is 0.101. The second kappa shape index (κ2) is 9.69. The van der Waals surface area contributed by atoms with Gasteiger partial charge in [0.15, 0.2) is 0 Å². The Bertz CT molecular complexity index is 979. The number of aliphatic hydroxyl groups is 1. The van der Waals surface area contributed by atoms with E-state index in [9.17, 15) is 14.7 Å². The van der Waals surface area contributed by atoms with Crippen LogP contribution in [0.1, 0.15) is 43.4 Å². The summed E-state index contributed by atoms with van der Waals surface area (Å²) in [6, 6.07) is 14.0. The zero-order chi connectivity index (χ0) is 22.5. The summed E-state index contributed by atoms with van der Waals surface area (Å²) in [7, 11) is 5.41. The van der Waals surface area contributed by atoms with Crippen molar-refractivity contribution in [3.8, 4) is 5.75 Å². The maximum atomic E-state index is 13.1. The number of Topliss-reactive ketones (excluding diaryl/α,β-unsaturated/α-hetero) is 1. The summed E-state index contributed by atoms with van der Waals surface area (Å²) in [6.45, 7) is 2.55.